The Bertz CT molecular complexity index is 665. The molecule has 19 heavy (non-hydrogen) atoms. The highest BCUT2D eigenvalue weighted by Gasteiger charge is 2.16. The molecule has 0 radical (unpaired) electrons. The van der Waals surface area contributed by atoms with Gasteiger partial charge in [-0.25, -0.2) is 0 Å². The summed E-state index contributed by atoms with van der Waals surface area (Å²) in [6.45, 7) is 3.71. The molecule has 0 bridgehead atoms. The lowest BCUT2D eigenvalue weighted by Crippen LogP contribution is -2.06. The van der Waals surface area contributed by atoms with E-state index in [1.165, 1.54) is 0 Å². The first-order chi connectivity index (χ1) is 8.90. The second kappa shape index (κ2) is 5.24. The van der Waals surface area contributed by atoms with Gasteiger partial charge in [0.05, 0.1) is 5.02 Å². The Labute approximate surface area is 122 Å². The summed E-state index contributed by atoms with van der Waals surface area (Å²) in [5, 5.41) is 1.04. The molecule has 0 aliphatic heterocycles. The van der Waals surface area contributed by atoms with E-state index >= 15 is 0 Å². The summed E-state index contributed by atoms with van der Waals surface area (Å²) in [5.41, 5.74) is 8.89. The van der Waals surface area contributed by atoms with Gasteiger partial charge in [-0.05, 0) is 55.3 Å². The Morgan fingerprint density at radius 1 is 0.947 bits per heavy atom. The van der Waals surface area contributed by atoms with Gasteiger partial charge in [-0.15, -0.1) is 0 Å². The number of benzene rings is 2. The Kier molecular flexibility index (Phi) is 3.83. The van der Waals surface area contributed by atoms with Crippen molar-refractivity contribution in [2.24, 2.45) is 0 Å². The summed E-state index contributed by atoms with van der Waals surface area (Å²) in [5.74, 6) is -0.144. The van der Waals surface area contributed by atoms with E-state index in [1.807, 2.05) is 13.8 Å². The van der Waals surface area contributed by atoms with E-state index in [4.69, 9.17) is 28.9 Å². The molecule has 0 saturated heterocycles. The number of anilines is 1. The Hall–Kier alpha value is -1.51. The molecule has 2 N–H and O–H groups in total. The molecular formula is C15H13Cl2NO. The molecule has 4 heteroatoms. The summed E-state index contributed by atoms with van der Waals surface area (Å²) in [7, 11) is 0. The van der Waals surface area contributed by atoms with Crippen LogP contribution in [0.4, 0.5) is 5.69 Å². The average molecular weight is 294 g/mol. The zero-order valence-electron chi connectivity index (χ0n) is 10.6. The Morgan fingerprint density at radius 2 is 1.63 bits per heavy atom. The number of ketones is 1. The summed E-state index contributed by atoms with van der Waals surface area (Å²) in [6, 6.07) is 8.44. The molecule has 0 heterocycles. The molecule has 0 saturated carbocycles. The van der Waals surface area contributed by atoms with Crippen LogP contribution in [-0.2, 0) is 0 Å². The number of hydrogen-bond donors (Lipinski definition) is 1. The van der Waals surface area contributed by atoms with Crippen molar-refractivity contribution in [1.29, 1.82) is 0 Å². The van der Waals surface area contributed by atoms with Gasteiger partial charge in [-0.3, -0.25) is 4.79 Å². The fourth-order valence-electron chi connectivity index (χ4n) is 1.89. The maximum absolute atomic E-state index is 12.5. The largest absolute Gasteiger partial charge is 0.399 e. The van der Waals surface area contributed by atoms with Crippen molar-refractivity contribution in [2.45, 2.75) is 13.8 Å². The first-order valence-corrected chi connectivity index (χ1v) is 6.52. The van der Waals surface area contributed by atoms with Crippen molar-refractivity contribution >= 4 is 34.7 Å². The first kappa shape index (κ1) is 13.9. The molecule has 2 aromatic rings. The quantitative estimate of drug-likeness (QED) is 0.658. The topological polar surface area (TPSA) is 43.1 Å². The molecule has 0 fully saturated rings. The van der Waals surface area contributed by atoms with Crippen LogP contribution in [0.3, 0.4) is 0 Å². The lowest BCUT2D eigenvalue weighted by molar-refractivity contribution is 0.103. The highest BCUT2D eigenvalue weighted by molar-refractivity contribution is 6.35. The molecule has 2 nitrogen and oxygen atoms in total. The van der Waals surface area contributed by atoms with Crippen molar-refractivity contribution in [2.75, 3.05) is 5.73 Å². The SMILES string of the molecule is Cc1cc(C(=O)c2cc(N)ccc2Cl)c(C)cc1Cl. The second-order valence-electron chi connectivity index (χ2n) is 4.48. The molecule has 2 rings (SSSR count). The maximum Gasteiger partial charge on any atom is 0.194 e. The van der Waals surface area contributed by atoms with Gasteiger partial charge in [0, 0.05) is 21.8 Å². The minimum Gasteiger partial charge on any atom is -0.399 e. The van der Waals surface area contributed by atoms with Gasteiger partial charge in [0.2, 0.25) is 0 Å². The maximum atomic E-state index is 12.5. The molecule has 98 valence electrons. The molecule has 0 amide bonds. The summed E-state index contributed by atoms with van der Waals surface area (Å²) < 4.78 is 0. The fraction of sp³-hybridized carbons (Fsp3) is 0.133. The van der Waals surface area contributed by atoms with Gasteiger partial charge in [-0.1, -0.05) is 23.2 Å². The zero-order valence-corrected chi connectivity index (χ0v) is 12.1. The van der Waals surface area contributed by atoms with Crippen LogP contribution in [0.5, 0.6) is 0 Å². The van der Waals surface area contributed by atoms with E-state index in [1.54, 1.807) is 30.3 Å². The van der Waals surface area contributed by atoms with Crippen LogP contribution in [0.2, 0.25) is 10.0 Å². The molecule has 0 aliphatic carbocycles. The van der Waals surface area contributed by atoms with Crippen molar-refractivity contribution < 1.29 is 4.79 Å². The smallest absolute Gasteiger partial charge is 0.194 e. The van der Waals surface area contributed by atoms with Crippen molar-refractivity contribution in [3.63, 3.8) is 0 Å². The second-order valence-corrected chi connectivity index (χ2v) is 5.30. The minimum atomic E-state index is -0.144. The van der Waals surface area contributed by atoms with Gasteiger partial charge < -0.3 is 5.73 Å². The zero-order chi connectivity index (χ0) is 14.2. The van der Waals surface area contributed by atoms with E-state index in [9.17, 15) is 4.79 Å². The monoisotopic (exact) mass is 293 g/mol. The number of hydrogen-bond acceptors (Lipinski definition) is 2. The molecule has 0 atom stereocenters. The highest BCUT2D eigenvalue weighted by Crippen LogP contribution is 2.26. The Balaban J connectivity index is 2.56. The van der Waals surface area contributed by atoms with E-state index in [0.717, 1.165) is 11.1 Å². The van der Waals surface area contributed by atoms with E-state index in [2.05, 4.69) is 0 Å². The van der Waals surface area contributed by atoms with Gasteiger partial charge in [0.15, 0.2) is 5.78 Å². The number of halogens is 2. The number of nitrogen functional groups attached to an aromatic ring is 1. The molecule has 0 unspecified atom stereocenters. The Morgan fingerprint density at radius 3 is 2.32 bits per heavy atom. The highest BCUT2D eigenvalue weighted by atomic mass is 35.5. The van der Waals surface area contributed by atoms with Crippen LogP contribution in [0.25, 0.3) is 0 Å². The van der Waals surface area contributed by atoms with Crippen LogP contribution in [-0.4, -0.2) is 5.78 Å². The molecule has 0 aliphatic rings. The van der Waals surface area contributed by atoms with Crippen LogP contribution in [0.1, 0.15) is 27.0 Å². The van der Waals surface area contributed by atoms with E-state index in [-0.39, 0.29) is 5.78 Å². The number of rotatable bonds is 2. The van der Waals surface area contributed by atoms with Gasteiger partial charge in [0.25, 0.3) is 0 Å². The molecule has 2 aromatic carbocycles. The summed E-state index contributed by atoms with van der Waals surface area (Å²) in [4.78, 5) is 12.5. The van der Waals surface area contributed by atoms with Crippen LogP contribution in [0.15, 0.2) is 30.3 Å². The predicted molar refractivity (Wildman–Crippen MR) is 80.2 cm³/mol. The molecule has 0 aromatic heterocycles. The van der Waals surface area contributed by atoms with Gasteiger partial charge in [-0.2, -0.15) is 0 Å². The first-order valence-electron chi connectivity index (χ1n) is 5.76. The normalized spacial score (nSPS) is 10.5. The van der Waals surface area contributed by atoms with Crippen LogP contribution >= 0.6 is 23.2 Å². The van der Waals surface area contributed by atoms with Crippen LogP contribution in [0, 0.1) is 13.8 Å². The van der Waals surface area contributed by atoms with Gasteiger partial charge >= 0.3 is 0 Å². The standard InChI is InChI=1S/C15H13Cl2NO/c1-8-6-14(17)9(2)5-11(8)15(19)12-7-10(18)3-4-13(12)16/h3-7H,18H2,1-2H3. The van der Waals surface area contributed by atoms with E-state index in [0.29, 0.717) is 26.9 Å². The number of nitrogens with two attached hydrogens (primary N) is 1. The fourth-order valence-corrected chi connectivity index (χ4v) is 2.31. The molecular weight excluding hydrogens is 281 g/mol. The van der Waals surface area contributed by atoms with Crippen molar-refractivity contribution in [1.82, 2.24) is 0 Å². The number of carbonyl (C=O) groups excluding carboxylic acids is 1. The van der Waals surface area contributed by atoms with Crippen LogP contribution < -0.4 is 5.73 Å². The molecule has 0 spiro atoms. The lowest BCUT2D eigenvalue weighted by atomic mass is 9.97. The third-order valence-electron chi connectivity index (χ3n) is 2.99. The lowest BCUT2D eigenvalue weighted by Gasteiger charge is -2.10. The van der Waals surface area contributed by atoms with E-state index < -0.39 is 0 Å². The summed E-state index contributed by atoms with van der Waals surface area (Å²) in [6.07, 6.45) is 0. The van der Waals surface area contributed by atoms with Crippen molar-refractivity contribution in [3.05, 3.63) is 62.6 Å². The minimum absolute atomic E-state index is 0.144. The van der Waals surface area contributed by atoms with Crippen molar-refractivity contribution in [3.8, 4) is 0 Å². The van der Waals surface area contributed by atoms with Gasteiger partial charge in [0.1, 0.15) is 0 Å². The predicted octanol–water partition coefficient (Wildman–Crippen LogP) is 4.42. The number of aryl methyl sites for hydroxylation is 2. The summed E-state index contributed by atoms with van der Waals surface area (Å²) >= 11 is 12.1. The average Bonchev–Trinajstić information content (AvgIpc) is 2.36. The third kappa shape index (κ3) is 2.75. The number of carbonyl (C=O) groups is 1. The third-order valence-corrected chi connectivity index (χ3v) is 3.72.